The second-order valence-corrected chi connectivity index (χ2v) is 13.5. The normalized spacial score (nSPS) is 20.6. The molecular weight excluding hydrogens is 612 g/mol. The van der Waals surface area contributed by atoms with Gasteiger partial charge in [-0.1, -0.05) is 6.92 Å². The Morgan fingerprint density at radius 2 is 1.93 bits per heavy atom. The van der Waals surface area contributed by atoms with Crippen LogP contribution in [0, 0.1) is 5.92 Å². The molecule has 0 fully saturated rings. The van der Waals surface area contributed by atoms with Gasteiger partial charge in [0.05, 0.1) is 36.7 Å². The number of imidazole rings is 1. The molecule has 0 spiro atoms. The number of anilines is 1. The summed E-state index contributed by atoms with van der Waals surface area (Å²) in [5.41, 5.74) is 0.828. The van der Waals surface area contributed by atoms with Crippen molar-refractivity contribution in [2.24, 2.45) is 13.0 Å². The molecule has 2 amide bonds. The maximum Gasteiger partial charge on any atom is 0.280 e. The molecule has 13 nitrogen and oxygen atoms in total. The van der Waals surface area contributed by atoms with Gasteiger partial charge in [0.25, 0.3) is 21.8 Å². The summed E-state index contributed by atoms with van der Waals surface area (Å²) in [6, 6.07) is 7.32. The molecule has 3 aromatic rings. The molecule has 2 aromatic heterocycles. The SMILES string of the molecule is C[C@@H]1CCCCO[C@@H](CN(C)C(=O)c2ccncc2)[C@H](C)CN([C@@H](C)CO)C(=O)c2cc(NS(=O)(=O)c3cn(C)cn3)ccc2O1. The van der Waals surface area contributed by atoms with Crippen molar-refractivity contribution in [2.75, 3.05) is 38.1 Å². The molecule has 0 saturated carbocycles. The number of sulfonamides is 1. The monoisotopic (exact) mass is 656 g/mol. The number of carbonyl (C=O) groups excluding carboxylic acids is 2. The molecule has 0 radical (unpaired) electrons. The van der Waals surface area contributed by atoms with Gasteiger partial charge in [-0.2, -0.15) is 8.42 Å². The summed E-state index contributed by atoms with van der Waals surface area (Å²) < 4.78 is 42.7. The Balaban J connectivity index is 1.66. The number of hydrogen-bond acceptors (Lipinski definition) is 9. The minimum absolute atomic E-state index is 0.153. The zero-order valence-corrected chi connectivity index (χ0v) is 27.8. The lowest BCUT2D eigenvalue weighted by atomic mass is 10.0. The van der Waals surface area contributed by atoms with E-state index in [2.05, 4.69) is 14.7 Å². The van der Waals surface area contributed by atoms with Crippen molar-refractivity contribution >= 4 is 27.5 Å². The van der Waals surface area contributed by atoms with Crippen LogP contribution < -0.4 is 9.46 Å². The molecule has 3 heterocycles. The topological polar surface area (TPSA) is 156 Å². The quantitative estimate of drug-likeness (QED) is 0.372. The molecule has 46 heavy (non-hydrogen) atoms. The molecule has 0 bridgehead atoms. The molecule has 1 aliphatic rings. The van der Waals surface area contributed by atoms with Gasteiger partial charge in [0.1, 0.15) is 5.75 Å². The number of nitrogens with one attached hydrogen (secondary N) is 1. The van der Waals surface area contributed by atoms with E-state index < -0.39 is 28.1 Å². The summed E-state index contributed by atoms with van der Waals surface area (Å²) in [6.07, 6.45) is 7.53. The summed E-state index contributed by atoms with van der Waals surface area (Å²) in [7, 11) is -0.645. The third-order valence-corrected chi connectivity index (χ3v) is 9.25. The first kappa shape index (κ1) is 34.9. The molecule has 4 rings (SSSR count). The number of ether oxygens (including phenoxy) is 2. The van der Waals surface area contributed by atoms with Crippen LogP contribution >= 0.6 is 0 Å². The number of aromatic nitrogens is 3. The number of rotatable bonds is 8. The molecule has 0 unspecified atom stereocenters. The summed E-state index contributed by atoms with van der Waals surface area (Å²) >= 11 is 0. The Bertz CT molecular complexity index is 1580. The van der Waals surface area contributed by atoms with Crippen LogP contribution in [0.5, 0.6) is 5.75 Å². The molecule has 250 valence electrons. The summed E-state index contributed by atoms with van der Waals surface area (Å²) in [6.45, 7) is 6.25. The van der Waals surface area contributed by atoms with Crippen LogP contribution in [0.1, 0.15) is 60.7 Å². The maximum absolute atomic E-state index is 14.3. The molecule has 4 atom stereocenters. The molecule has 1 aliphatic heterocycles. The first-order chi connectivity index (χ1) is 21.9. The van der Waals surface area contributed by atoms with E-state index in [1.54, 1.807) is 67.5 Å². The van der Waals surface area contributed by atoms with Gasteiger partial charge >= 0.3 is 0 Å². The minimum atomic E-state index is -4.03. The van der Waals surface area contributed by atoms with E-state index in [1.165, 1.54) is 23.2 Å². The second-order valence-electron chi connectivity index (χ2n) is 11.9. The predicted octanol–water partition coefficient (Wildman–Crippen LogP) is 3.18. The highest BCUT2D eigenvalue weighted by Gasteiger charge is 2.31. The summed E-state index contributed by atoms with van der Waals surface area (Å²) in [4.78, 5) is 38.5. The third-order valence-electron chi connectivity index (χ3n) is 7.99. The van der Waals surface area contributed by atoms with Crippen LogP contribution in [0.3, 0.4) is 0 Å². The Hall–Kier alpha value is -4.01. The van der Waals surface area contributed by atoms with Crippen LogP contribution in [0.2, 0.25) is 0 Å². The first-order valence-corrected chi connectivity index (χ1v) is 16.9. The van der Waals surface area contributed by atoms with E-state index in [1.807, 2.05) is 13.8 Å². The van der Waals surface area contributed by atoms with Crippen LogP contribution in [-0.4, -0.2) is 101 Å². The van der Waals surface area contributed by atoms with Crippen molar-refractivity contribution < 1.29 is 32.6 Å². The Kier molecular flexibility index (Phi) is 11.8. The molecule has 14 heteroatoms. The average Bonchev–Trinajstić information content (AvgIpc) is 3.49. The lowest BCUT2D eigenvalue weighted by Gasteiger charge is -2.36. The molecule has 1 aromatic carbocycles. The van der Waals surface area contributed by atoms with E-state index in [0.29, 0.717) is 24.3 Å². The van der Waals surface area contributed by atoms with Crippen molar-refractivity contribution in [3.63, 3.8) is 0 Å². The summed E-state index contributed by atoms with van der Waals surface area (Å²) in [5.74, 6) is -0.544. The van der Waals surface area contributed by atoms with Gasteiger partial charge < -0.3 is 28.9 Å². The largest absolute Gasteiger partial charge is 0.490 e. The Morgan fingerprint density at radius 3 is 2.61 bits per heavy atom. The number of carbonyl (C=O) groups is 2. The smallest absolute Gasteiger partial charge is 0.280 e. The van der Waals surface area contributed by atoms with E-state index in [9.17, 15) is 23.1 Å². The predicted molar refractivity (Wildman–Crippen MR) is 172 cm³/mol. The fourth-order valence-electron chi connectivity index (χ4n) is 5.25. The molecule has 0 saturated heterocycles. The second kappa shape index (κ2) is 15.5. The zero-order valence-electron chi connectivity index (χ0n) is 27.0. The van der Waals surface area contributed by atoms with Crippen LogP contribution in [-0.2, 0) is 21.8 Å². The standard InChI is InChI=1S/C32H44N6O7S/c1-22-17-38(23(2)20-39)32(41)27-16-26(35-46(42,43)30-19-36(4)21-34-30)9-10-28(27)45-24(3)8-6-7-15-44-29(22)18-37(5)31(40)25-11-13-33-14-12-25/h9-14,16,19,21-24,29,35,39H,6-8,15,17-18,20H2,1-5H3/t22-,23+,24-,29+/m1/s1. The van der Waals surface area contributed by atoms with Gasteiger partial charge in [-0.15, -0.1) is 0 Å². The highest BCUT2D eigenvalue weighted by Crippen LogP contribution is 2.29. The molecule has 2 N–H and O–H groups in total. The number of aliphatic hydroxyl groups is 1. The van der Waals surface area contributed by atoms with Gasteiger partial charge in [0, 0.05) is 69.6 Å². The number of aliphatic hydroxyl groups excluding tert-OH is 1. The van der Waals surface area contributed by atoms with Gasteiger partial charge in [-0.05, 0) is 63.4 Å². The van der Waals surface area contributed by atoms with Crippen LogP contribution in [0.4, 0.5) is 5.69 Å². The highest BCUT2D eigenvalue weighted by molar-refractivity contribution is 7.92. The Labute approximate surface area is 270 Å². The van der Waals surface area contributed by atoms with Gasteiger partial charge in [0.2, 0.25) is 0 Å². The van der Waals surface area contributed by atoms with E-state index in [0.717, 1.165) is 12.8 Å². The Morgan fingerprint density at radius 1 is 1.20 bits per heavy atom. The minimum Gasteiger partial charge on any atom is -0.490 e. The number of fused-ring (bicyclic) bond motifs is 1. The lowest BCUT2D eigenvalue weighted by Crippen LogP contribution is -2.48. The average molecular weight is 657 g/mol. The zero-order chi connectivity index (χ0) is 33.4. The molecule has 0 aliphatic carbocycles. The van der Waals surface area contributed by atoms with Crippen molar-refractivity contribution in [1.82, 2.24) is 24.3 Å². The fourth-order valence-corrected chi connectivity index (χ4v) is 6.28. The number of hydrogen-bond donors (Lipinski definition) is 2. The van der Waals surface area contributed by atoms with Crippen molar-refractivity contribution in [2.45, 2.75) is 63.3 Å². The number of pyridine rings is 1. The summed E-state index contributed by atoms with van der Waals surface area (Å²) in [5, 5.41) is 10.0. The lowest BCUT2D eigenvalue weighted by molar-refractivity contribution is -0.0149. The van der Waals surface area contributed by atoms with E-state index in [4.69, 9.17) is 9.47 Å². The van der Waals surface area contributed by atoms with E-state index in [-0.39, 0.29) is 53.9 Å². The van der Waals surface area contributed by atoms with Crippen molar-refractivity contribution in [3.8, 4) is 5.75 Å². The van der Waals surface area contributed by atoms with Crippen molar-refractivity contribution in [1.29, 1.82) is 0 Å². The third kappa shape index (κ3) is 8.83. The van der Waals surface area contributed by atoms with Crippen molar-refractivity contribution in [3.05, 3.63) is 66.4 Å². The van der Waals surface area contributed by atoms with Crippen LogP contribution in [0.25, 0.3) is 0 Å². The van der Waals surface area contributed by atoms with Gasteiger partial charge in [-0.3, -0.25) is 19.3 Å². The number of amides is 2. The first-order valence-electron chi connectivity index (χ1n) is 15.4. The van der Waals surface area contributed by atoms with Crippen LogP contribution in [0.15, 0.2) is 60.3 Å². The number of nitrogens with zero attached hydrogens (tertiary/aromatic N) is 5. The highest BCUT2D eigenvalue weighted by atomic mass is 32.2. The van der Waals surface area contributed by atoms with Gasteiger partial charge in [0.15, 0.2) is 5.03 Å². The van der Waals surface area contributed by atoms with E-state index >= 15 is 0 Å². The number of likely N-dealkylation sites (N-methyl/N-ethyl adjacent to an activating group) is 1. The molecular formula is C32H44N6O7S. The number of aryl methyl sites for hydroxylation is 1. The van der Waals surface area contributed by atoms with Gasteiger partial charge in [-0.25, -0.2) is 4.98 Å². The number of benzene rings is 1. The fraction of sp³-hybridized carbons (Fsp3) is 0.500. The maximum atomic E-state index is 14.3.